The molecule has 2 aliphatic rings. The molecular formula is C13H24N2O. The van der Waals surface area contributed by atoms with Gasteiger partial charge >= 0.3 is 0 Å². The number of hydrogen-bond acceptors (Lipinski definition) is 3. The predicted molar refractivity (Wildman–Crippen MR) is 65.5 cm³/mol. The molecule has 0 aromatic carbocycles. The first-order valence-electron chi connectivity index (χ1n) is 6.59. The van der Waals surface area contributed by atoms with E-state index in [0.717, 1.165) is 12.8 Å². The molecule has 2 heterocycles. The van der Waals surface area contributed by atoms with Crippen LogP contribution in [0.25, 0.3) is 0 Å². The number of hydrogen-bond donors (Lipinski definition) is 0. The van der Waals surface area contributed by atoms with Crippen molar-refractivity contribution in [3.05, 3.63) is 0 Å². The van der Waals surface area contributed by atoms with Gasteiger partial charge in [0.25, 0.3) is 0 Å². The number of Topliss-reactive ketones (excluding diaryl/α,β-unsaturated/α-hetero) is 1. The summed E-state index contributed by atoms with van der Waals surface area (Å²) in [7, 11) is 4.29. The molecule has 2 aliphatic heterocycles. The molecule has 2 saturated heterocycles. The maximum Gasteiger partial charge on any atom is 0.136 e. The maximum absolute atomic E-state index is 12.0. The third-order valence-electron chi connectivity index (χ3n) is 4.27. The monoisotopic (exact) mass is 224 g/mol. The lowest BCUT2D eigenvalue weighted by Crippen LogP contribution is -2.31. The molecule has 16 heavy (non-hydrogen) atoms. The van der Waals surface area contributed by atoms with Crippen LogP contribution in [0, 0.1) is 0 Å². The normalized spacial score (nSPS) is 32.4. The molecular weight excluding hydrogens is 200 g/mol. The van der Waals surface area contributed by atoms with E-state index in [4.69, 9.17) is 0 Å². The third kappa shape index (κ3) is 2.83. The average molecular weight is 224 g/mol. The molecule has 0 spiro atoms. The zero-order valence-electron chi connectivity index (χ0n) is 10.6. The first-order valence-corrected chi connectivity index (χ1v) is 6.59. The van der Waals surface area contributed by atoms with E-state index in [-0.39, 0.29) is 0 Å². The van der Waals surface area contributed by atoms with Crippen molar-refractivity contribution in [2.24, 2.45) is 0 Å². The third-order valence-corrected chi connectivity index (χ3v) is 4.27. The van der Waals surface area contributed by atoms with Crippen molar-refractivity contribution in [1.82, 2.24) is 9.80 Å². The zero-order chi connectivity index (χ0) is 11.5. The van der Waals surface area contributed by atoms with Crippen LogP contribution in [0.3, 0.4) is 0 Å². The highest BCUT2D eigenvalue weighted by atomic mass is 16.1. The Bertz CT molecular complexity index is 230. The van der Waals surface area contributed by atoms with Crippen LogP contribution in [0.2, 0.25) is 0 Å². The van der Waals surface area contributed by atoms with Gasteiger partial charge in [0.15, 0.2) is 0 Å². The van der Waals surface area contributed by atoms with Crippen molar-refractivity contribution in [3.63, 3.8) is 0 Å². The summed E-state index contributed by atoms with van der Waals surface area (Å²) >= 11 is 0. The number of rotatable bonds is 4. The van der Waals surface area contributed by atoms with Crippen molar-refractivity contribution in [2.75, 3.05) is 27.2 Å². The van der Waals surface area contributed by atoms with Crippen LogP contribution in [0.5, 0.6) is 0 Å². The fourth-order valence-electron chi connectivity index (χ4n) is 3.08. The smallest absolute Gasteiger partial charge is 0.136 e. The van der Waals surface area contributed by atoms with Crippen molar-refractivity contribution >= 4 is 5.78 Å². The van der Waals surface area contributed by atoms with Gasteiger partial charge < -0.3 is 9.80 Å². The summed E-state index contributed by atoms with van der Waals surface area (Å²) in [5.74, 6) is 0.470. The maximum atomic E-state index is 12.0. The Morgan fingerprint density at radius 3 is 1.75 bits per heavy atom. The van der Waals surface area contributed by atoms with Crippen molar-refractivity contribution in [3.8, 4) is 0 Å². The Kier molecular flexibility index (Phi) is 3.98. The lowest BCUT2D eigenvalue weighted by atomic mass is 10.0. The van der Waals surface area contributed by atoms with Crippen LogP contribution in [-0.2, 0) is 4.79 Å². The Hall–Kier alpha value is -0.410. The molecule has 3 heteroatoms. The lowest BCUT2D eigenvalue weighted by molar-refractivity contribution is -0.120. The highest BCUT2D eigenvalue weighted by Crippen LogP contribution is 2.22. The molecule has 1 unspecified atom stereocenters. The van der Waals surface area contributed by atoms with Crippen molar-refractivity contribution in [2.45, 2.75) is 50.6 Å². The number of nitrogens with zero attached hydrogens (tertiary/aromatic N) is 2. The Morgan fingerprint density at radius 2 is 1.44 bits per heavy atom. The highest BCUT2D eigenvalue weighted by molar-refractivity contribution is 5.79. The van der Waals surface area contributed by atoms with E-state index in [9.17, 15) is 4.79 Å². The molecule has 92 valence electrons. The van der Waals surface area contributed by atoms with E-state index < -0.39 is 0 Å². The van der Waals surface area contributed by atoms with E-state index in [1.165, 1.54) is 38.8 Å². The predicted octanol–water partition coefficient (Wildman–Crippen LogP) is 1.52. The summed E-state index contributed by atoms with van der Waals surface area (Å²) in [6, 6.07) is 1.05. The van der Waals surface area contributed by atoms with Gasteiger partial charge in [-0.2, -0.15) is 0 Å². The van der Waals surface area contributed by atoms with Gasteiger partial charge in [-0.25, -0.2) is 0 Å². The topological polar surface area (TPSA) is 23.6 Å². The minimum Gasteiger partial charge on any atom is -0.303 e. The van der Waals surface area contributed by atoms with E-state index in [1.54, 1.807) is 0 Å². The number of likely N-dealkylation sites (tertiary alicyclic amines) is 2. The first-order chi connectivity index (χ1) is 7.66. The van der Waals surface area contributed by atoms with Crippen LogP contribution < -0.4 is 0 Å². The van der Waals surface area contributed by atoms with Gasteiger partial charge in [-0.05, 0) is 52.9 Å². The minimum absolute atomic E-state index is 0.470. The number of carbonyl (C=O) groups excluding carboxylic acids is 1. The quantitative estimate of drug-likeness (QED) is 0.723. The largest absolute Gasteiger partial charge is 0.303 e. The van der Waals surface area contributed by atoms with Crippen LogP contribution in [-0.4, -0.2) is 54.9 Å². The molecule has 0 N–H and O–H groups in total. The second kappa shape index (κ2) is 5.28. The SMILES string of the molecule is CN1CCCC1CC(=O)C[C@H]1CCCN1C. The van der Waals surface area contributed by atoms with Crippen molar-refractivity contribution in [1.29, 1.82) is 0 Å². The summed E-state index contributed by atoms with van der Waals surface area (Å²) in [5, 5.41) is 0. The molecule has 2 atom stereocenters. The average Bonchev–Trinajstić information content (AvgIpc) is 2.79. The molecule has 0 radical (unpaired) electrons. The summed E-state index contributed by atoms with van der Waals surface area (Å²) in [4.78, 5) is 16.7. The Balaban J connectivity index is 1.75. The fraction of sp³-hybridized carbons (Fsp3) is 0.923. The summed E-state index contributed by atoms with van der Waals surface area (Å²) in [5.41, 5.74) is 0. The first kappa shape index (κ1) is 12.1. The summed E-state index contributed by atoms with van der Waals surface area (Å²) in [6.45, 7) is 2.34. The van der Waals surface area contributed by atoms with Crippen LogP contribution >= 0.6 is 0 Å². The van der Waals surface area contributed by atoms with Gasteiger partial charge in [-0.15, -0.1) is 0 Å². The van der Waals surface area contributed by atoms with Gasteiger partial charge in [0.2, 0.25) is 0 Å². The minimum atomic E-state index is 0.470. The molecule has 0 aliphatic carbocycles. The van der Waals surface area contributed by atoms with Crippen molar-refractivity contribution < 1.29 is 4.79 Å². The van der Waals surface area contributed by atoms with Crippen LogP contribution in [0.15, 0.2) is 0 Å². The molecule has 2 fully saturated rings. The van der Waals surface area contributed by atoms with E-state index in [1.807, 2.05) is 0 Å². The van der Waals surface area contributed by atoms with E-state index in [2.05, 4.69) is 23.9 Å². The molecule has 0 amide bonds. The van der Waals surface area contributed by atoms with Crippen LogP contribution in [0.4, 0.5) is 0 Å². The Labute approximate surface area is 98.8 Å². The Morgan fingerprint density at radius 1 is 1.00 bits per heavy atom. The molecule has 0 bridgehead atoms. The highest BCUT2D eigenvalue weighted by Gasteiger charge is 2.27. The second-order valence-electron chi connectivity index (χ2n) is 5.50. The molecule has 0 saturated carbocycles. The van der Waals surface area contributed by atoms with Gasteiger partial charge in [0.05, 0.1) is 0 Å². The molecule has 2 rings (SSSR count). The molecule has 3 nitrogen and oxygen atoms in total. The number of carbonyl (C=O) groups is 1. The number of ketones is 1. The second-order valence-corrected chi connectivity index (χ2v) is 5.50. The van der Waals surface area contributed by atoms with Gasteiger partial charge in [-0.3, -0.25) is 4.79 Å². The van der Waals surface area contributed by atoms with Gasteiger partial charge in [0.1, 0.15) is 5.78 Å². The summed E-state index contributed by atoms with van der Waals surface area (Å²) in [6.07, 6.45) is 6.50. The zero-order valence-corrected chi connectivity index (χ0v) is 10.6. The fourth-order valence-corrected chi connectivity index (χ4v) is 3.08. The standard InChI is InChI=1S/C13H24N2O/c1-14-7-3-5-11(14)9-13(16)10-12-6-4-8-15(12)2/h11-12H,3-10H2,1-2H3/t11-,12?/m1/s1. The molecule has 0 aromatic rings. The van der Waals surface area contributed by atoms with Crippen LogP contribution in [0.1, 0.15) is 38.5 Å². The molecule has 0 aromatic heterocycles. The summed E-state index contributed by atoms with van der Waals surface area (Å²) < 4.78 is 0. The van der Waals surface area contributed by atoms with Gasteiger partial charge in [0, 0.05) is 24.9 Å². The van der Waals surface area contributed by atoms with Gasteiger partial charge in [-0.1, -0.05) is 0 Å². The van der Waals surface area contributed by atoms with E-state index >= 15 is 0 Å². The van der Waals surface area contributed by atoms with E-state index in [0.29, 0.717) is 17.9 Å². The lowest BCUT2D eigenvalue weighted by Gasteiger charge is -2.21.